The summed E-state index contributed by atoms with van der Waals surface area (Å²) in [6.45, 7) is 17.1. The van der Waals surface area contributed by atoms with E-state index >= 15 is 0 Å². The molecule has 1 aromatic rings. The normalized spacial score (nSPS) is 13.9. The average molecular weight is 311 g/mol. The monoisotopic (exact) mass is 310 g/mol. The maximum Gasteiger partial charge on any atom is 0.0604 e. The van der Waals surface area contributed by atoms with E-state index in [1.54, 1.807) is 0 Å². The van der Waals surface area contributed by atoms with Crippen LogP contribution in [0.4, 0.5) is 0 Å². The molecule has 21 heavy (non-hydrogen) atoms. The van der Waals surface area contributed by atoms with E-state index in [9.17, 15) is 0 Å². The van der Waals surface area contributed by atoms with Crippen molar-refractivity contribution in [3.8, 4) is 0 Å². The molecule has 0 radical (unpaired) electrons. The van der Waals surface area contributed by atoms with Gasteiger partial charge in [0.1, 0.15) is 0 Å². The Balaban J connectivity index is 3.26. The molecule has 1 atom stereocenters. The van der Waals surface area contributed by atoms with E-state index < -0.39 is 0 Å². The lowest BCUT2D eigenvalue weighted by atomic mass is 9.80. The quantitative estimate of drug-likeness (QED) is 0.654. The number of rotatable bonds is 10. The van der Waals surface area contributed by atoms with Gasteiger partial charge in [-0.25, -0.2) is 0 Å². The third kappa shape index (κ3) is 3.88. The number of hydrogen-bond donors (Lipinski definition) is 1. The van der Waals surface area contributed by atoms with Gasteiger partial charge in [-0.1, -0.05) is 34.6 Å². The first-order valence-corrected chi connectivity index (χ1v) is 9.51. The summed E-state index contributed by atoms with van der Waals surface area (Å²) < 4.78 is 0. The van der Waals surface area contributed by atoms with Gasteiger partial charge in [-0.05, 0) is 62.8 Å². The van der Waals surface area contributed by atoms with Gasteiger partial charge in [0.15, 0.2) is 0 Å². The number of aryl methyl sites for hydroxylation is 1. The third-order valence-corrected chi connectivity index (χ3v) is 6.00. The molecule has 1 aromatic heterocycles. The molecule has 0 aliphatic rings. The molecule has 0 saturated heterocycles. The maximum absolute atomic E-state index is 3.87. The molecule has 1 unspecified atom stereocenters. The van der Waals surface area contributed by atoms with Crippen molar-refractivity contribution in [2.45, 2.75) is 72.4 Å². The van der Waals surface area contributed by atoms with Crippen LogP contribution in [0.3, 0.4) is 0 Å². The van der Waals surface area contributed by atoms with Crippen LogP contribution in [-0.2, 0) is 0 Å². The maximum atomic E-state index is 3.87. The van der Waals surface area contributed by atoms with Crippen molar-refractivity contribution >= 4 is 11.3 Å². The minimum atomic E-state index is 0.217. The molecule has 0 spiro atoms. The summed E-state index contributed by atoms with van der Waals surface area (Å²) in [6.07, 6.45) is 3.55. The first-order valence-electron chi connectivity index (χ1n) is 8.63. The van der Waals surface area contributed by atoms with Gasteiger partial charge in [-0.2, -0.15) is 0 Å². The third-order valence-electron chi connectivity index (χ3n) is 4.92. The molecule has 3 heteroatoms. The lowest BCUT2D eigenvalue weighted by molar-refractivity contribution is 0.0497. The minimum absolute atomic E-state index is 0.217. The summed E-state index contributed by atoms with van der Waals surface area (Å²) in [6, 6.07) is 2.70. The number of thiophene rings is 1. The molecule has 0 saturated carbocycles. The second-order valence-electron chi connectivity index (χ2n) is 5.84. The van der Waals surface area contributed by atoms with Gasteiger partial charge in [0, 0.05) is 10.4 Å². The topological polar surface area (TPSA) is 15.3 Å². The Morgan fingerprint density at radius 3 is 2.14 bits per heavy atom. The van der Waals surface area contributed by atoms with E-state index in [1.165, 1.54) is 29.7 Å². The zero-order valence-corrected chi connectivity index (χ0v) is 15.6. The standard InChI is InChI=1S/C18H34N2S/c1-7-13-19-17(16-15(6)12-14-21-16)18(8-2,9-3)20(10-4)11-5/h12,14,17,19H,7-11,13H2,1-6H3. The van der Waals surface area contributed by atoms with Crippen molar-refractivity contribution in [1.29, 1.82) is 0 Å². The molecular weight excluding hydrogens is 276 g/mol. The zero-order chi connectivity index (χ0) is 15.9. The van der Waals surface area contributed by atoms with Crippen LogP contribution in [0, 0.1) is 6.92 Å². The lowest BCUT2D eigenvalue weighted by Gasteiger charge is -2.48. The molecule has 2 nitrogen and oxygen atoms in total. The Kier molecular flexibility index (Phi) is 7.93. The fourth-order valence-electron chi connectivity index (χ4n) is 3.64. The van der Waals surface area contributed by atoms with Crippen LogP contribution in [0.2, 0.25) is 0 Å². The second kappa shape index (κ2) is 8.92. The Morgan fingerprint density at radius 2 is 1.76 bits per heavy atom. The average Bonchev–Trinajstić information content (AvgIpc) is 2.92. The highest BCUT2D eigenvalue weighted by Gasteiger charge is 2.41. The largest absolute Gasteiger partial charge is 0.308 e. The van der Waals surface area contributed by atoms with Crippen LogP contribution >= 0.6 is 11.3 Å². The van der Waals surface area contributed by atoms with E-state index in [-0.39, 0.29) is 5.54 Å². The van der Waals surface area contributed by atoms with Crippen LogP contribution in [0.1, 0.15) is 70.4 Å². The Morgan fingerprint density at radius 1 is 1.14 bits per heavy atom. The van der Waals surface area contributed by atoms with Crippen LogP contribution in [0.25, 0.3) is 0 Å². The molecular formula is C18H34N2S. The first kappa shape index (κ1) is 18.7. The van der Waals surface area contributed by atoms with Crippen LogP contribution in [-0.4, -0.2) is 30.1 Å². The molecule has 0 aliphatic carbocycles. The lowest BCUT2D eigenvalue weighted by Crippen LogP contribution is -2.56. The molecule has 0 bridgehead atoms. The highest BCUT2D eigenvalue weighted by molar-refractivity contribution is 7.10. The predicted octanol–water partition coefficient (Wildman–Crippen LogP) is 5.00. The van der Waals surface area contributed by atoms with Gasteiger partial charge < -0.3 is 5.32 Å². The summed E-state index contributed by atoms with van der Waals surface area (Å²) in [7, 11) is 0. The van der Waals surface area contributed by atoms with Crippen LogP contribution < -0.4 is 5.32 Å². The fraction of sp³-hybridized carbons (Fsp3) is 0.778. The summed E-state index contributed by atoms with van der Waals surface area (Å²) >= 11 is 1.91. The fourth-order valence-corrected chi connectivity index (χ4v) is 4.75. The molecule has 0 aliphatic heterocycles. The van der Waals surface area contributed by atoms with Crippen LogP contribution in [0.15, 0.2) is 11.4 Å². The molecule has 1 rings (SSSR count). The van der Waals surface area contributed by atoms with Gasteiger partial charge in [0.05, 0.1) is 6.04 Å². The van der Waals surface area contributed by atoms with Crippen molar-refractivity contribution in [2.75, 3.05) is 19.6 Å². The van der Waals surface area contributed by atoms with Gasteiger partial charge in [0.25, 0.3) is 0 Å². The van der Waals surface area contributed by atoms with Gasteiger partial charge in [-0.3, -0.25) is 4.90 Å². The zero-order valence-electron chi connectivity index (χ0n) is 14.8. The van der Waals surface area contributed by atoms with Gasteiger partial charge in [-0.15, -0.1) is 11.3 Å². The van der Waals surface area contributed by atoms with Gasteiger partial charge in [0.2, 0.25) is 0 Å². The molecule has 1 N–H and O–H groups in total. The first-order chi connectivity index (χ1) is 10.1. The van der Waals surface area contributed by atoms with Crippen molar-refractivity contribution in [1.82, 2.24) is 10.2 Å². The second-order valence-corrected chi connectivity index (χ2v) is 6.79. The molecule has 0 fully saturated rings. The number of likely N-dealkylation sites (N-methyl/N-ethyl adjacent to an activating group) is 1. The molecule has 122 valence electrons. The van der Waals surface area contributed by atoms with E-state index in [1.807, 2.05) is 11.3 Å². The predicted molar refractivity (Wildman–Crippen MR) is 96.3 cm³/mol. The van der Waals surface area contributed by atoms with Crippen molar-refractivity contribution in [2.24, 2.45) is 0 Å². The Labute approximate surface area is 135 Å². The summed E-state index contributed by atoms with van der Waals surface area (Å²) in [5.74, 6) is 0. The number of nitrogens with zero attached hydrogens (tertiary/aromatic N) is 1. The SMILES string of the molecule is CCCNC(c1sccc1C)C(CC)(CC)N(CC)CC. The Hall–Kier alpha value is -0.380. The van der Waals surface area contributed by atoms with E-state index in [0.29, 0.717) is 6.04 Å². The van der Waals surface area contributed by atoms with Crippen molar-refractivity contribution < 1.29 is 0 Å². The summed E-state index contributed by atoms with van der Waals surface area (Å²) in [5.41, 5.74) is 1.65. The minimum Gasteiger partial charge on any atom is -0.308 e. The van der Waals surface area contributed by atoms with E-state index in [0.717, 1.165) is 19.6 Å². The highest BCUT2D eigenvalue weighted by Crippen LogP contribution is 2.40. The smallest absolute Gasteiger partial charge is 0.0604 e. The Bertz CT molecular complexity index is 392. The summed E-state index contributed by atoms with van der Waals surface area (Å²) in [4.78, 5) is 4.19. The molecule has 0 amide bonds. The molecule has 0 aromatic carbocycles. The van der Waals surface area contributed by atoms with Crippen LogP contribution in [0.5, 0.6) is 0 Å². The van der Waals surface area contributed by atoms with Crippen molar-refractivity contribution in [3.63, 3.8) is 0 Å². The number of nitrogens with one attached hydrogen (secondary N) is 1. The summed E-state index contributed by atoms with van der Waals surface area (Å²) in [5, 5.41) is 6.11. The highest BCUT2D eigenvalue weighted by atomic mass is 32.1. The number of hydrogen-bond acceptors (Lipinski definition) is 3. The van der Waals surface area contributed by atoms with E-state index in [2.05, 4.69) is 63.2 Å². The van der Waals surface area contributed by atoms with Crippen molar-refractivity contribution in [3.05, 3.63) is 21.9 Å². The van der Waals surface area contributed by atoms with E-state index in [4.69, 9.17) is 0 Å². The molecule has 1 heterocycles. The van der Waals surface area contributed by atoms with Gasteiger partial charge >= 0.3 is 0 Å².